The fourth-order valence-corrected chi connectivity index (χ4v) is 2.44. The van der Waals surface area contributed by atoms with Crippen molar-refractivity contribution < 1.29 is 0 Å². The molecule has 82 valence electrons. The number of hydrogen-bond acceptors (Lipinski definition) is 4. The number of aromatic nitrogens is 2. The summed E-state index contributed by atoms with van der Waals surface area (Å²) in [6.45, 7) is 4.44. The zero-order chi connectivity index (χ0) is 10.7. The molecule has 0 aromatic carbocycles. The third-order valence-electron chi connectivity index (χ3n) is 2.67. The molecule has 1 fully saturated rings. The molecule has 4 nitrogen and oxygen atoms in total. The lowest BCUT2D eigenvalue weighted by atomic mass is 10.4. The number of rotatable bonds is 1. The summed E-state index contributed by atoms with van der Waals surface area (Å²) in [6, 6.07) is 0. The van der Waals surface area contributed by atoms with Gasteiger partial charge >= 0.3 is 0 Å². The van der Waals surface area contributed by atoms with E-state index in [1.807, 2.05) is 6.20 Å². The molecule has 1 aromatic rings. The molecule has 0 unspecified atom stereocenters. The first-order valence-corrected chi connectivity index (χ1v) is 6.24. The maximum absolute atomic E-state index is 4.36. The zero-order valence-corrected chi connectivity index (χ0v) is 11.0. The number of nitrogens with zero attached hydrogens (tertiary/aromatic N) is 4. The van der Waals surface area contributed by atoms with Gasteiger partial charge in [0.1, 0.15) is 12.1 Å². The van der Waals surface area contributed by atoms with Crippen LogP contribution in [0.4, 0.5) is 5.82 Å². The maximum Gasteiger partial charge on any atom is 0.145 e. The summed E-state index contributed by atoms with van der Waals surface area (Å²) < 4.78 is 1.14. The fourth-order valence-electron chi connectivity index (χ4n) is 1.80. The lowest BCUT2D eigenvalue weighted by Gasteiger charge is -2.22. The highest BCUT2D eigenvalue weighted by molar-refractivity contribution is 14.1. The SMILES string of the molecule is CN1CCCN(c2ncncc2I)CC1. The standard InChI is InChI=1S/C10H15IN4/c1-14-3-2-4-15(6-5-14)10-9(11)7-12-8-13-10/h7-8H,2-6H2,1H3. The minimum Gasteiger partial charge on any atom is -0.354 e. The summed E-state index contributed by atoms with van der Waals surface area (Å²) in [5, 5.41) is 0. The van der Waals surface area contributed by atoms with Crippen LogP contribution in [-0.2, 0) is 0 Å². The Kier molecular flexibility index (Phi) is 3.74. The van der Waals surface area contributed by atoms with Crippen LogP contribution < -0.4 is 4.90 Å². The Balaban J connectivity index is 2.13. The van der Waals surface area contributed by atoms with Crippen molar-refractivity contribution >= 4 is 28.4 Å². The highest BCUT2D eigenvalue weighted by atomic mass is 127. The first kappa shape index (κ1) is 11.1. The summed E-state index contributed by atoms with van der Waals surface area (Å²) in [6.07, 6.45) is 4.71. The van der Waals surface area contributed by atoms with Gasteiger partial charge in [0.15, 0.2) is 0 Å². The Hall–Kier alpha value is -0.430. The molecular formula is C10H15IN4. The van der Waals surface area contributed by atoms with E-state index in [2.05, 4.69) is 49.4 Å². The Morgan fingerprint density at radius 3 is 2.93 bits per heavy atom. The summed E-state index contributed by atoms with van der Waals surface area (Å²) >= 11 is 2.30. The Morgan fingerprint density at radius 2 is 2.13 bits per heavy atom. The summed E-state index contributed by atoms with van der Waals surface area (Å²) in [4.78, 5) is 13.1. The maximum atomic E-state index is 4.36. The molecule has 1 saturated heterocycles. The van der Waals surface area contributed by atoms with Crippen molar-refractivity contribution in [1.29, 1.82) is 0 Å². The van der Waals surface area contributed by atoms with Crippen molar-refractivity contribution in [3.8, 4) is 0 Å². The molecule has 0 atom stereocenters. The average Bonchev–Trinajstić information content (AvgIpc) is 2.44. The number of likely N-dealkylation sites (N-methyl/N-ethyl adjacent to an activating group) is 1. The van der Waals surface area contributed by atoms with E-state index in [9.17, 15) is 0 Å². The number of halogens is 1. The third-order valence-corrected chi connectivity index (χ3v) is 3.43. The molecule has 2 rings (SSSR count). The molecule has 5 heteroatoms. The molecule has 1 aliphatic rings. The number of anilines is 1. The molecule has 0 N–H and O–H groups in total. The molecule has 0 spiro atoms. The fraction of sp³-hybridized carbons (Fsp3) is 0.600. The highest BCUT2D eigenvalue weighted by Crippen LogP contribution is 2.19. The number of hydrogen-bond donors (Lipinski definition) is 0. The minimum absolute atomic E-state index is 1.06. The molecule has 0 amide bonds. The molecule has 0 aliphatic carbocycles. The normalized spacial score (nSPS) is 18.9. The van der Waals surface area contributed by atoms with E-state index < -0.39 is 0 Å². The van der Waals surface area contributed by atoms with E-state index in [1.54, 1.807) is 6.33 Å². The molecule has 2 heterocycles. The predicted molar refractivity (Wildman–Crippen MR) is 69.1 cm³/mol. The first-order valence-electron chi connectivity index (χ1n) is 5.16. The van der Waals surface area contributed by atoms with Crippen molar-refractivity contribution in [2.45, 2.75) is 6.42 Å². The van der Waals surface area contributed by atoms with Crippen LogP contribution in [0.15, 0.2) is 12.5 Å². The second-order valence-corrected chi connectivity index (χ2v) is 5.00. The van der Waals surface area contributed by atoms with Crippen molar-refractivity contribution in [3.05, 3.63) is 16.1 Å². The van der Waals surface area contributed by atoms with Gasteiger partial charge < -0.3 is 9.80 Å². The van der Waals surface area contributed by atoms with E-state index in [4.69, 9.17) is 0 Å². The average molecular weight is 318 g/mol. The van der Waals surface area contributed by atoms with Crippen molar-refractivity contribution in [1.82, 2.24) is 14.9 Å². The van der Waals surface area contributed by atoms with E-state index in [1.165, 1.54) is 13.0 Å². The van der Waals surface area contributed by atoms with Gasteiger partial charge in [-0.25, -0.2) is 9.97 Å². The highest BCUT2D eigenvalue weighted by Gasteiger charge is 2.15. The van der Waals surface area contributed by atoms with Crippen molar-refractivity contribution in [2.75, 3.05) is 38.1 Å². The van der Waals surface area contributed by atoms with Gasteiger partial charge in [-0.2, -0.15) is 0 Å². The molecular weight excluding hydrogens is 303 g/mol. The van der Waals surface area contributed by atoms with Crippen LogP contribution in [0.25, 0.3) is 0 Å². The third kappa shape index (κ3) is 2.78. The van der Waals surface area contributed by atoms with Gasteiger partial charge in [-0.1, -0.05) is 0 Å². The van der Waals surface area contributed by atoms with Crippen molar-refractivity contribution in [3.63, 3.8) is 0 Å². The van der Waals surface area contributed by atoms with Crippen molar-refractivity contribution in [2.24, 2.45) is 0 Å². The quantitative estimate of drug-likeness (QED) is 0.729. The largest absolute Gasteiger partial charge is 0.354 e. The van der Waals surface area contributed by atoms with Gasteiger partial charge in [-0.15, -0.1) is 0 Å². The van der Waals surface area contributed by atoms with E-state index in [0.717, 1.165) is 29.0 Å². The van der Waals surface area contributed by atoms with Gasteiger partial charge in [0, 0.05) is 25.8 Å². The lowest BCUT2D eigenvalue weighted by Crippen LogP contribution is -2.30. The second-order valence-electron chi connectivity index (χ2n) is 3.84. The van der Waals surface area contributed by atoms with Gasteiger partial charge in [0.25, 0.3) is 0 Å². The lowest BCUT2D eigenvalue weighted by molar-refractivity contribution is 0.360. The molecule has 0 radical (unpaired) electrons. The monoisotopic (exact) mass is 318 g/mol. The van der Waals surface area contributed by atoms with Crippen LogP contribution in [0.3, 0.4) is 0 Å². The van der Waals surface area contributed by atoms with Gasteiger partial charge in [0.05, 0.1) is 3.57 Å². The topological polar surface area (TPSA) is 32.3 Å². The molecule has 15 heavy (non-hydrogen) atoms. The second kappa shape index (κ2) is 5.07. The minimum atomic E-state index is 1.06. The molecule has 1 aromatic heterocycles. The first-order chi connectivity index (χ1) is 7.27. The smallest absolute Gasteiger partial charge is 0.145 e. The van der Waals surface area contributed by atoms with E-state index >= 15 is 0 Å². The van der Waals surface area contributed by atoms with Gasteiger partial charge in [-0.3, -0.25) is 0 Å². The van der Waals surface area contributed by atoms with Crippen LogP contribution in [0, 0.1) is 3.57 Å². The summed E-state index contributed by atoms with van der Waals surface area (Å²) in [5.74, 6) is 1.08. The predicted octanol–water partition coefficient (Wildman–Crippen LogP) is 1.22. The molecule has 1 aliphatic heterocycles. The Bertz CT molecular complexity index is 331. The summed E-state index contributed by atoms with van der Waals surface area (Å²) in [7, 11) is 2.18. The van der Waals surface area contributed by atoms with Crippen LogP contribution in [0.1, 0.15) is 6.42 Å². The van der Waals surface area contributed by atoms with E-state index in [0.29, 0.717) is 0 Å². The van der Waals surface area contributed by atoms with Crippen LogP contribution in [0.2, 0.25) is 0 Å². The van der Waals surface area contributed by atoms with Gasteiger partial charge in [-0.05, 0) is 42.6 Å². The molecule has 0 saturated carbocycles. The Labute approximate surface area is 104 Å². The van der Waals surface area contributed by atoms with Gasteiger partial charge in [0.2, 0.25) is 0 Å². The van der Waals surface area contributed by atoms with Crippen LogP contribution in [0.5, 0.6) is 0 Å². The summed E-state index contributed by atoms with van der Waals surface area (Å²) in [5.41, 5.74) is 0. The van der Waals surface area contributed by atoms with Crippen LogP contribution in [-0.4, -0.2) is 48.1 Å². The van der Waals surface area contributed by atoms with E-state index in [-0.39, 0.29) is 0 Å². The Morgan fingerprint density at radius 1 is 1.27 bits per heavy atom. The molecule has 0 bridgehead atoms. The zero-order valence-electron chi connectivity index (χ0n) is 8.86. The van der Waals surface area contributed by atoms with Crippen LogP contribution >= 0.6 is 22.6 Å².